The van der Waals surface area contributed by atoms with Crippen LogP contribution in [0.25, 0.3) is 0 Å². The Labute approximate surface area is 139 Å². The molecule has 124 valence electrons. The largest absolute Gasteiger partial charge is 0.356 e. The summed E-state index contributed by atoms with van der Waals surface area (Å²) in [6.45, 7) is 8.57. The Morgan fingerprint density at radius 2 is 1.90 bits per heavy atom. The first kappa shape index (κ1) is 22.5. The van der Waals surface area contributed by atoms with Crippen LogP contribution in [0.15, 0.2) is 0 Å². The minimum absolute atomic E-state index is 0. The van der Waals surface area contributed by atoms with Crippen molar-refractivity contribution in [3.63, 3.8) is 0 Å². The van der Waals surface area contributed by atoms with Gasteiger partial charge in [-0.15, -0.1) is 24.8 Å². The minimum atomic E-state index is -0.0466. The molecular formula is C14H28Cl2N4O. The van der Waals surface area contributed by atoms with Crippen LogP contribution >= 0.6 is 24.8 Å². The van der Waals surface area contributed by atoms with Crippen LogP contribution in [0, 0.1) is 19.8 Å². The van der Waals surface area contributed by atoms with Gasteiger partial charge in [-0.1, -0.05) is 6.92 Å². The van der Waals surface area contributed by atoms with Gasteiger partial charge in [-0.3, -0.25) is 9.48 Å². The topological polar surface area (TPSA) is 72.9 Å². The summed E-state index contributed by atoms with van der Waals surface area (Å²) in [6.07, 6.45) is 1.54. The van der Waals surface area contributed by atoms with Crippen LogP contribution in [0.4, 0.5) is 0 Å². The molecule has 7 heteroatoms. The summed E-state index contributed by atoms with van der Waals surface area (Å²) in [5.41, 5.74) is 8.98. The second-order valence-corrected chi connectivity index (χ2v) is 5.44. The number of aryl methyl sites for hydroxylation is 2. The van der Waals surface area contributed by atoms with Crippen molar-refractivity contribution in [3.05, 3.63) is 17.0 Å². The van der Waals surface area contributed by atoms with Crippen molar-refractivity contribution in [1.82, 2.24) is 15.1 Å². The zero-order chi connectivity index (χ0) is 14.6. The van der Waals surface area contributed by atoms with Crippen molar-refractivity contribution < 1.29 is 4.79 Å². The molecule has 5 nitrogen and oxygen atoms in total. The fourth-order valence-corrected chi connectivity index (χ4v) is 2.11. The van der Waals surface area contributed by atoms with E-state index in [1.165, 1.54) is 5.56 Å². The summed E-state index contributed by atoms with van der Waals surface area (Å²) in [4.78, 5) is 12.0. The third kappa shape index (κ3) is 6.68. The Bertz CT molecular complexity index is 446. The number of carbonyl (C=O) groups excluding carboxylic acids is 1. The van der Waals surface area contributed by atoms with Crippen LogP contribution in [0.2, 0.25) is 0 Å². The maximum absolute atomic E-state index is 12.0. The van der Waals surface area contributed by atoms with E-state index in [1.807, 2.05) is 39.4 Å². The van der Waals surface area contributed by atoms with Gasteiger partial charge in [0.2, 0.25) is 5.91 Å². The highest BCUT2D eigenvalue weighted by atomic mass is 35.5. The van der Waals surface area contributed by atoms with Crippen LogP contribution < -0.4 is 11.1 Å². The van der Waals surface area contributed by atoms with Gasteiger partial charge in [-0.25, -0.2) is 0 Å². The molecule has 1 rings (SSSR count). The van der Waals surface area contributed by atoms with Gasteiger partial charge in [0, 0.05) is 31.2 Å². The predicted octanol–water partition coefficient (Wildman–Crippen LogP) is 1.91. The molecule has 1 aromatic heterocycles. The first-order valence-electron chi connectivity index (χ1n) is 6.85. The van der Waals surface area contributed by atoms with Gasteiger partial charge in [0.05, 0.1) is 5.69 Å². The molecule has 0 bridgehead atoms. The monoisotopic (exact) mass is 338 g/mol. The molecule has 0 radical (unpaired) electrons. The van der Waals surface area contributed by atoms with Crippen molar-refractivity contribution in [2.45, 2.75) is 46.6 Å². The van der Waals surface area contributed by atoms with Crippen molar-refractivity contribution in [3.8, 4) is 0 Å². The summed E-state index contributed by atoms with van der Waals surface area (Å²) in [5.74, 6) is 0.0398. The quantitative estimate of drug-likeness (QED) is 0.832. The number of rotatable bonds is 6. The van der Waals surface area contributed by atoms with Gasteiger partial charge in [-0.05, 0) is 39.2 Å². The molecule has 0 aromatic carbocycles. The number of carbonyl (C=O) groups is 1. The smallest absolute Gasteiger partial charge is 0.223 e. The van der Waals surface area contributed by atoms with E-state index in [4.69, 9.17) is 5.73 Å². The van der Waals surface area contributed by atoms with E-state index in [0.29, 0.717) is 6.54 Å². The molecule has 2 atom stereocenters. The summed E-state index contributed by atoms with van der Waals surface area (Å²) in [5, 5.41) is 7.31. The zero-order valence-corrected chi connectivity index (χ0v) is 15.1. The normalized spacial score (nSPS) is 12.9. The Morgan fingerprint density at radius 3 is 2.33 bits per heavy atom. The lowest BCUT2D eigenvalue weighted by Crippen LogP contribution is -2.33. The lowest BCUT2D eigenvalue weighted by molar-refractivity contribution is -0.124. The number of hydrogen-bond donors (Lipinski definition) is 2. The van der Waals surface area contributed by atoms with Gasteiger partial charge < -0.3 is 11.1 Å². The zero-order valence-electron chi connectivity index (χ0n) is 13.5. The molecule has 21 heavy (non-hydrogen) atoms. The van der Waals surface area contributed by atoms with Crippen LogP contribution in [-0.4, -0.2) is 28.3 Å². The second-order valence-electron chi connectivity index (χ2n) is 5.44. The average molecular weight is 339 g/mol. The van der Waals surface area contributed by atoms with Crippen LogP contribution in [0.5, 0.6) is 0 Å². The Morgan fingerprint density at radius 1 is 1.33 bits per heavy atom. The molecule has 0 saturated heterocycles. The first-order valence-corrected chi connectivity index (χ1v) is 6.85. The number of nitrogens with zero attached hydrogens (tertiary/aromatic N) is 2. The molecule has 0 spiro atoms. The maximum Gasteiger partial charge on any atom is 0.223 e. The number of amides is 1. The Balaban J connectivity index is 0. The molecule has 1 heterocycles. The Hall–Kier alpha value is -0.780. The average Bonchev–Trinajstić information content (AvgIpc) is 2.55. The number of hydrogen-bond acceptors (Lipinski definition) is 3. The molecule has 0 saturated carbocycles. The predicted molar refractivity (Wildman–Crippen MR) is 91.3 cm³/mol. The lowest BCUT2D eigenvalue weighted by atomic mass is 9.99. The maximum atomic E-state index is 12.0. The van der Waals surface area contributed by atoms with Crippen molar-refractivity contribution in [2.24, 2.45) is 18.7 Å². The highest BCUT2D eigenvalue weighted by molar-refractivity contribution is 5.85. The number of halogens is 2. The highest BCUT2D eigenvalue weighted by Crippen LogP contribution is 2.16. The third-order valence-electron chi connectivity index (χ3n) is 3.52. The van der Waals surface area contributed by atoms with E-state index in [9.17, 15) is 4.79 Å². The van der Waals surface area contributed by atoms with Crippen molar-refractivity contribution in [2.75, 3.05) is 6.54 Å². The van der Waals surface area contributed by atoms with Crippen LogP contribution in [0.3, 0.4) is 0 Å². The van der Waals surface area contributed by atoms with E-state index >= 15 is 0 Å². The molecule has 0 aliphatic rings. The van der Waals surface area contributed by atoms with Gasteiger partial charge >= 0.3 is 0 Å². The Kier molecular flexibility index (Phi) is 10.7. The summed E-state index contributed by atoms with van der Waals surface area (Å²) in [6, 6.07) is 0.124. The molecule has 0 aliphatic carbocycles. The summed E-state index contributed by atoms with van der Waals surface area (Å²) < 4.78 is 1.87. The van der Waals surface area contributed by atoms with Gasteiger partial charge in [0.1, 0.15) is 0 Å². The van der Waals surface area contributed by atoms with Crippen LogP contribution in [0.1, 0.15) is 37.2 Å². The molecule has 0 fully saturated rings. The molecule has 3 N–H and O–H groups in total. The lowest BCUT2D eigenvalue weighted by Gasteiger charge is -2.13. The van der Waals surface area contributed by atoms with Crippen molar-refractivity contribution in [1.29, 1.82) is 0 Å². The molecule has 1 aromatic rings. The van der Waals surface area contributed by atoms with Gasteiger partial charge in [0.15, 0.2) is 0 Å². The van der Waals surface area contributed by atoms with E-state index < -0.39 is 0 Å². The summed E-state index contributed by atoms with van der Waals surface area (Å²) in [7, 11) is 1.93. The van der Waals surface area contributed by atoms with E-state index in [0.717, 1.165) is 24.2 Å². The van der Waals surface area contributed by atoms with E-state index in [2.05, 4.69) is 10.4 Å². The van der Waals surface area contributed by atoms with Gasteiger partial charge in [0.25, 0.3) is 0 Å². The summed E-state index contributed by atoms with van der Waals surface area (Å²) >= 11 is 0. The molecule has 2 unspecified atom stereocenters. The van der Waals surface area contributed by atoms with E-state index in [1.54, 1.807) is 0 Å². The second kappa shape index (κ2) is 10.0. The standard InChI is InChI=1S/C14H26N4O.2ClH/c1-9(14(19)16-7-6-10(2)15)8-13-11(3)17-18(5)12(13)4;;/h9-10H,6-8,15H2,1-5H3,(H,16,19);2*1H. The minimum Gasteiger partial charge on any atom is -0.356 e. The SMILES string of the molecule is Cc1nn(C)c(C)c1CC(C)C(=O)NCCC(C)N.Cl.Cl. The van der Waals surface area contributed by atoms with Crippen LogP contribution in [-0.2, 0) is 18.3 Å². The van der Waals surface area contributed by atoms with Gasteiger partial charge in [-0.2, -0.15) is 5.10 Å². The van der Waals surface area contributed by atoms with E-state index in [-0.39, 0.29) is 42.7 Å². The van der Waals surface area contributed by atoms with Crippen molar-refractivity contribution >= 4 is 30.7 Å². The highest BCUT2D eigenvalue weighted by Gasteiger charge is 2.18. The fourth-order valence-electron chi connectivity index (χ4n) is 2.11. The third-order valence-corrected chi connectivity index (χ3v) is 3.52. The molecular weight excluding hydrogens is 311 g/mol. The molecule has 1 amide bonds. The number of nitrogens with two attached hydrogens (primary N) is 1. The fraction of sp³-hybridized carbons (Fsp3) is 0.714. The molecule has 0 aliphatic heterocycles. The first-order chi connectivity index (χ1) is 8.82. The number of nitrogens with one attached hydrogen (secondary N) is 1. The number of aromatic nitrogens is 2.